The van der Waals surface area contributed by atoms with E-state index < -0.39 is 4.92 Å². The van der Waals surface area contributed by atoms with E-state index in [2.05, 4.69) is 6.58 Å². The molecule has 0 bridgehead atoms. The zero-order chi connectivity index (χ0) is 15.5. The summed E-state index contributed by atoms with van der Waals surface area (Å²) in [5.41, 5.74) is 0.710. The topological polar surface area (TPSA) is 52.4 Å². The highest BCUT2D eigenvalue weighted by molar-refractivity contribution is 5.85. The Morgan fingerprint density at radius 2 is 1.64 bits per heavy atom. The summed E-state index contributed by atoms with van der Waals surface area (Å²) in [5, 5.41) is 13.2. The van der Waals surface area contributed by atoms with Gasteiger partial charge in [0.25, 0.3) is 0 Å². The maximum absolute atomic E-state index is 11.0. The Labute approximate surface area is 127 Å². The van der Waals surface area contributed by atoms with Crippen LogP contribution < -0.4 is 4.74 Å². The van der Waals surface area contributed by atoms with Crippen LogP contribution in [0, 0.1) is 10.1 Å². The normalized spacial score (nSPS) is 10.4. The Morgan fingerprint density at radius 3 is 2.41 bits per heavy atom. The van der Waals surface area contributed by atoms with Crippen molar-refractivity contribution in [3.05, 3.63) is 89.0 Å². The fourth-order valence-corrected chi connectivity index (χ4v) is 2.25. The minimum atomic E-state index is -0.469. The van der Waals surface area contributed by atoms with Gasteiger partial charge in [-0.25, -0.2) is 0 Å². The van der Waals surface area contributed by atoms with E-state index in [-0.39, 0.29) is 11.4 Å². The fraction of sp³-hybridized carbons (Fsp3) is 0. The maximum Gasteiger partial charge on any atom is 0.311 e. The van der Waals surface area contributed by atoms with E-state index in [1.807, 2.05) is 42.5 Å². The molecule has 0 heterocycles. The van der Waals surface area contributed by atoms with E-state index in [1.54, 1.807) is 18.2 Å². The first kappa shape index (κ1) is 13.8. The van der Waals surface area contributed by atoms with Crippen LogP contribution in [0.5, 0.6) is 5.75 Å². The van der Waals surface area contributed by atoms with E-state index in [4.69, 9.17) is 4.74 Å². The van der Waals surface area contributed by atoms with E-state index in [9.17, 15) is 10.1 Å². The number of para-hydroxylation sites is 2. The van der Waals surface area contributed by atoms with Crippen LogP contribution in [0.1, 0.15) is 5.56 Å². The van der Waals surface area contributed by atoms with Crippen molar-refractivity contribution in [2.45, 2.75) is 0 Å². The molecule has 4 heteroatoms. The molecular weight excluding hydrogens is 278 g/mol. The summed E-state index contributed by atoms with van der Waals surface area (Å²) in [6.45, 7) is 3.88. The number of hydrogen-bond donors (Lipinski definition) is 0. The van der Waals surface area contributed by atoms with Gasteiger partial charge in [0.15, 0.2) is 0 Å². The summed E-state index contributed by atoms with van der Waals surface area (Å²) in [7, 11) is 0. The average molecular weight is 291 g/mol. The van der Waals surface area contributed by atoms with Gasteiger partial charge >= 0.3 is 5.69 Å². The van der Waals surface area contributed by atoms with Crippen molar-refractivity contribution in [2.24, 2.45) is 0 Å². The van der Waals surface area contributed by atoms with Gasteiger partial charge in [0.2, 0.25) is 5.75 Å². The molecule has 0 N–H and O–H groups in total. The second kappa shape index (κ2) is 5.69. The van der Waals surface area contributed by atoms with Crippen LogP contribution in [0.15, 0.2) is 73.3 Å². The Bertz CT molecular complexity index is 871. The maximum atomic E-state index is 11.0. The smallest absolute Gasteiger partial charge is 0.311 e. The molecule has 0 unspecified atom stereocenters. The number of ether oxygens (including phenoxy) is 1. The highest BCUT2D eigenvalue weighted by Gasteiger charge is 2.15. The predicted octanol–water partition coefficient (Wildman–Crippen LogP) is 4.80. The zero-order valence-corrected chi connectivity index (χ0v) is 11.7. The van der Waals surface area contributed by atoms with E-state index in [0.29, 0.717) is 5.76 Å². The predicted molar refractivity (Wildman–Crippen MR) is 86.7 cm³/mol. The SMILES string of the molecule is C=C(Oc1ccccc1[N+](=O)[O-])c1ccc2ccccc2c1. The van der Waals surface area contributed by atoms with Gasteiger partial charge in [-0.3, -0.25) is 10.1 Å². The summed E-state index contributed by atoms with van der Waals surface area (Å²) in [4.78, 5) is 10.5. The van der Waals surface area contributed by atoms with Gasteiger partial charge in [-0.05, 0) is 22.9 Å². The van der Waals surface area contributed by atoms with Gasteiger partial charge in [0.05, 0.1) is 4.92 Å². The molecule has 22 heavy (non-hydrogen) atoms. The lowest BCUT2D eigenvalue weighted by Crippen LogP contribution is -1.97. The highest BCUT2D eigenvalue weighted by atomic mass is 16.6. The van der Waals surface area contributed by atoms with Crippen molar-refractivity contribution in [2.75, 3.05) is 0 Å². The second-order valence-electron chi connectivity index (χ2n) is 4.81. The van der Waals surface area contributed by atoms with Gasteiger partial charge in [0.1, 0.15) is 5.76 Å². The summed E-state index contributed by atoms with van der Waals surface area (Å²) in [6.07, 6.45) is 0. The number of fused-ring (bicyclic) bond motifs is 1. The number of rotatable bonds is 4. The van der Waals surface area contributed by atoms with Crippen LogP contribution in [-0.2, 0) is 0 Å². The quantitative estimate of drug-likeness (QED) is 0.394. The Balaban J connectivity index is 1.92. The molecule has 0 fully saturated rings. The molecule has 0 amide bonds. The van der Waals surface area contributed by atoms with Gasteiger partial charge in [0, 0.05) is 11.6 Å². The average Bonchev–Trinajstić information content (AvgIpc) is 2.54. The van der Waals surface area contributed by atoms with Crippen LogP contribution >= 0.6 is 0 Å². The van der Waals surface area contributed by atoms with E-state index in [0.717, 1.165) is 16.3 Å². The molecule has 0 aliphatic rings. The van der Waals surface area contributed by atoms with Crippen molar-refractivity contribution in [1.82, 2.24) is 0 Å². The molecule has 0 saturated carbocycles. The molecule has 3 aromatic rings. The molecule has 3 rings (SSSR count). The van der Waals surface area contributed by atoms with Crippen LogP contribution in [-0.4, -0.2) is 4.92 Å². The molecule has 108 valence electrons. The molecule has 0 saturated heterocycles. The third-order valence-corrected chi connectivity index (χ3v) is 3.37. The zero-order valence-electron chi connectivity index (χ0n) is 11.7. The molecule has 0 aliphatic carbocycles. The van der Waals surface area contributed by atoms with Crippen molar-refractivity contribution >= 4 is 22.2 Å². The van der Waals surface area contributed by atoms with Crippen molar-refractivity contribution in [3.63, 3.8) is 0 Å². The van der Waals surface area contributed by atoms with E-state index in [1.165, 1.54) is 6.07 Å². The molecule has 0 spiro atoms. The lowest BCUT2D eigenvalue weighted by molar-refractivity contribution is -0.385. The summed E-state index contributed by atoms with van der Waals surface area (Å²) >= 11 is 0. The second-order valence-corrected chi connectivity index (χ2v) is 4.81. The number of nitro groups is 1. The molecule has 0 aromatic heterocycles. The largest absolute Gasteiger partial charge is 0.450 e. The van der Waals surface area contributed by atoms with Crippen LogP contribution in [0.2, 0.25) is 0 Å². The Morgan fingerprint density at radius 1 is 0.955 bits per heavy atom. The lowest BCUT2D eigenvalue weighted by Gasteiger charge is -2.10. The number of nitrogens with zero attached hydrogens (tertiary/aromatic N) is 1. The Kier molecular flexibility index (Phi) is 3.58. The lowest BCUT2D eigenvalue weighted by atomic mass is 10.1. The molecule has 3 aromatic carbocycles. The third-order valence-electron chi connectivity index (χ3n) is 3.37. The fourth-order valence-electron chi connectivity index (χ4n) is 2.25. The minimum Gasteiger partial charge on any atom is -0.450 e. The van der Waals surface area contributed by atoms with Crippen molar-refractivity contribution < 1.29 is 9.66 Å². The van der Waals surface area contributed by atoms with Crippen molar-refractivity contribution in [1.29, 1.82) is 0 Å². The molecule has 0 radical (unpaired) electrons. The number of hydrogen-bond acceptors (Lipinski definition) is 3. The summed E-state index contributed by atoms with van der Waals surface area (Å²) in [6, 6.07) is 20.0. The molecule has 0 aliphatic heterocycles. The third kappa shape index (κ3) is 2.67. The van der Waals surface area contributed by atoms with Crippen molar-refractivity contribution in [3.8, 4) is 5.75 Å². The molecule has 4 nitrogen and oxygen atoms in total. The van der Waals surface area contributed by atoms with Gasteiger partial charge < -0.3 is 4.74 Å². The standard InChI is InChI=1S/C18H13NO3/c1-13(22-18-9-5-4-8-17(18)19(20)21)15-11-10-14-6-2-3-7-16(14)12-15/h2-12H,1H2. The summed E-state index contributed by atoms with van der Waals surface area (Å²) < 4.78 is 5.61. The number of benzene rings is 3. The molecular formula is C18H13NO3. The van der Waals surface area contributed by atoms with Crippen LogP contribution in [0.4, 0.5) is 5.69 Å². The van der Waals surface area contributed by atoms with Gasteiger partial charge in [-0.15, -0.1) is 0 Å². The number of nitro benzene ring substituents is 1. The van der Waals surface area contributed by atoms with E-state index >= 15 is 0 Å². The van der Waals surface area contributed by atoms with Gasteiger partial charge in [-0.1, -0.05) is 55.1 Å². The van der Waals surface area contributed by atoms with Crippen LogP contribution in [0.3, 0.4) is 0 Å². The summed E-state index contributed by atoms with van der Waals surface area (Å²) in [5.74, 6) is 0.561. The highest BCUT2D eigenvalue weighted by Crippen LogP contribution is 2.30. The minimum absolute atomic E-state index is 0.0792. The van der Waals surface area contributed by atoms with Crippen LogP contribution in [0.25, 0.3) is 16.5 Å². The molecule has 0 atom stereocenters. The first-order chi connectivity index (χ1) is 10.6. The Hall–Kier alpha value is -3.14. The van der Waals surface area contributed by atoms with Gasteiger partial charge in [-0.2, -0.15) is 0 Å². The first-order valence-corrected chi connectivity index (χ1v) is 6.74. The first-order valence-electron chi connectivity index (χ1n) is 6.74. The monoisotopic (exact) mass is 291 g/mol.